The Hall–Kier alpha value is -2.08. The first-order valence-corrected chi connectivity index (χ1v) is 7.16. The third-order valence-electron chi connectivity index (χ3n) is 2.43. The van der Waals surface area contributed by atoms with Crippen molar-refractivity contribution in [3.8, 4) is 5.75 Å². The van der Waals surface area contributed by atoms with E-state index >= 15 is 0 Å². The van der Waals surface area contributed by atoms with Crippen molar-refractivity contribution in [1.82, 2.24) is 0 Å². The number of non-ortho nitro benzene ring substituents is 1. The Balaban J connectivity index is 0.000000540. The Bertz CT molecular complexity index is 544. The van der Waals surface area contributed by atoms with Crippen molar-refractivity contribution < 1.29 is 14.5 Å². The van der Waals surface area contributed by atoms with Gasteiger partial charge in [-0.05, 0) is 37.6 Å². The van der Waals surface area contributed by atoms with Gasteiger partial charge in [0.25, 0.3) is 5.69 Å². The molecule has 0 atom stereocenters. The maximum atomic E-state index is 10.6. The smallest absolute Gasteiger partial charge is 0.271 e. The molecule has 0 spiro atoms. The van der Waals surface area contributed by atoms with Gasteiger partial charge >= 0.3 is 0 Å². The predicted octanol–water partition coefficient (Wildman–Crippen LogP) is 4.14. The summed E-state index contributed by atoms with van der Waals surface area (Å²) >= 11 is 4.71. The van der Waals surface area contributed by atoms with E-state index in [1.165, 1.54) is 12.1 Å². The molecule has 0 aliphatic carbocycles. The zero-order valence-corrected chi connectivity index (χ0v) is 13.9. The third kappa shape index (κ3) is 6.58. The largest absolute Gasteiger partial charge is 0.484 e. The van der Waals surface area contributed by atoms with Gasteiger partial charge in [-0.2, -0.15) is 0 Å². The molecule has 0 aromatic heterocycles. The monoisotopic (exact) mass is 328 g/mol. The number of nitrogens with one attached hydrogen (secondary N) is 1. The summed E-state index contributed by atoms with van der Waals surface area (Å²) in [7, 11) is 0. The molecule has 1 aromatic carbocycles. The maximum Gasteiger partial charge on any atom is 0.271 e. The summed E-state index contributed by atoms with van der Waals surface area (Å²) in [5.74, 6) is 0.664. The van der Waals surface area contributed by atoms with E-state index < -0.39 is 10.2 Å². The molecule has 6 nitrogen and oxygen atoms in total. The highest BCUT2D eigenvalue weighted by Gasteiger charge is 2.27. The van der Waals surface area contributed by atoms with Crippen LogP contribution in [0.25, 0.3) is 0 Å². The molecule has 0 saturated heterocycles. The fraction of sp³-hybridized carbons (Fsp3) is 0.400. The Morgan fingerprint density at radius 3 is 2.50 bits per heavy atom. The highest BCUT2D eigenvalue weighted by molar-refractivity contribution is 6.66. The van der Waals surface area contributed by atoms with Crippen LogP contribution in [0.15, 0.2) is 30.9 Å². The van der Waals surface area contributed by atoms with Crippen LogP contribution in [0.1, 0.15) is 27.7 Å². The molecule has 0 amide bonds. The molecular formula is C15H21ClN2O4. The van der Waals surface area contributed by atoms with Crippen molar-refractivity contribution in [3.05, 3.63) is 41.0 Å². The first kappa shape index (κ1) is 19.9. The van der Waals surface area contributed by atoms with E-state index in [-0.39, 0.29) is 11.3 Å². The number of allylic oxidation sites excluding steroid dienone is 1. The average molecular weight is 329 g/mol. The van der Waals surface area contributed by atoms with E-state index in [1.54, 1.807) is 6.07 Å². The van der Waals surface area contributed by atoms with Crippen molar-refractivity contribution in [1.29, 1.82) is 0 Å². The van der Waals surface area contributed by atoms with Crippen LogP contribution in [0.4, 0.5) is 11.4 Å². The second kappa shape index (κ2) is 9.04. The van der Waals surface area contributed by atoms with Gasteiger partial charge in [0, 0.05) is 12.1 Å². The molecule has 0 bridgehead atoms. The number of ether oxygens (including phenoxy) is 1. The molecule has 7 heteroatoms. The Labute approximate surface area is 135 Å². The van der Waals surface area contributed by atoms with Gasteiger partial charge in [-0.3, -0.25) is 14.9 Å². The van der Waals surface area contributed by atoms with Gasteiger partial charge in [0.15, 0.2) is 0 Å². The zero-order chi connectivity index (χ0) is 17.3. The van der Waals surface area contributed by atoms with E-state index in [1.807, 2.05) is 27.7 Å². The van der Waals surface area contributed by atoms with Gasteiger partial charge in [-0.25, -0.2) is 0 Å². The van der Waals surface area contributed by atoms with Gasteiger partial charge in [0.05, 0.1) is 17.2 Å². The molecule has 1 aliphatic rings. The number of nitrogens with zero attached hydrogens (tertiary/aromatic N) is 1. The van der Waals surface area contributed by atoms with Crippen LogP contribution in [0.3, 0.4) is 0 Å². The number of halogens is 1. The van der Waals surface area contributed by atoms with E-state index in [2.05, 4.69) is 11.9 Å². The number of carbonyl (C=O) groups excluding carboxylic acids is 1. The van der Waals surface area contributed by atoms with E-state index in [9.17, 15) is 14.9 Å². The van der Waals surface area contributed by atoms with E-state index in [4.69, 9.17) is 16.3 Å². The van der Waals surface area contributed by atoms with Crippen LogP contribution >= 0.6 is 11.6 Å². The summed E-state index contributed by atoms with van der Waals surface area (Å²) in [5.41, 5.74) is 0.483. The third-order valence-corrected chi connectivity index (χ3v) is 2.58. The van der Waals surface area contributed by atoms with Crippen LogP contribution in [-0.2, 0) is 4.79 Å². The van der Waals surface area contributed by atoms with Crippen LogP contribution in [0.2, 0.25) is 0 Å². The molecule has 122 valence electrons. The summed E-state index contributed by atoms with van der Waals surface area (Å²) in [6.45, 7) is 11.6. The number of hydrogen-bond acceptors (Lipinski definition) is 5. The minimum absolute atomic E-state index is 0.0737. The molecule has 2 rings (SSSR count). The Morgan fingerprint density at radius 2 is 2.05 bits per heavy atom. The average Bonchev–Trinajstić information content (AvgIpc) is 2.48. The Kier molecular flexibility index (Phi) is 8.19. The SMILES string of the molecule is C=CC(=O)Cl.CC.CC1(C)CNc2cc([N+](=O)[O-])ccc2O1. The molecular weight excluding hydrogens is 308 g/mol. The van der Waals surface area contributed by atoms with Crippen LogP contribution in [-0.4, -0.2) is 22.3 Å². The lowest BCUT2D eigenvalue weighted by molar-refractivity contribution is -0.384. The molecule has 0 radical (unpaired) electrons. The van der Waals surface area contributed by atoms with Gasteiger partial charge in [-0.1, -0.05) is 20.4 Å². The van der Waals surface area contributed by atoms with Gasteiger partial charge in [0.1, 0.15) is 11.4 Å². The maximum absolute atomic E-state index is 10.6. The Morgan fingerprint density at radius 1 is 1.50 bits per heavy atom. The van der Waals surface area contributed by atoms with Crippen LogP contribution in [0.5, 0.6) is 5.75 Å². The molecule has 0 unspecified atom stereocenters. The first-order valence-electron chi connectivity index (χ1n) is 6.78. The predicted molar refractivity (Wildman–Crippen MR) is 88.7 cm³/mol. The molecule has 1 heterocycles. The number of hydrogen-bond donors (Lipinski definition) is 1. The quantitative estimate of drug-likeness (QED) is 0.382. The number of nitro groups is 1. The number of carbonyl (C=O) groups is 1. The number of rotatable bonds is 2. The number of fused-ring (bicyclic) bond motifs is 1. The number of anilines is 1. The van der Waals surface area contributed by atoms with Crippen molar-refractivity contribution in [3.63, 3.8) is 0 Å². The minimum atomic E-state index is -0.509. The highest BCUT2D eigenvalue weighted by atomic mass is 35.5. The molecule has 1 N–H and O–H groups in total. The molecule has 0 fully saturated rings. The van der Waals surface area contributed by atoms with Crippen LogP contribution < -0.4 is 10.1 Å². The van der Waals surface area contributed by atoms with E-state index in [0.717, 1.165) is 6.08 Å². The number of nitro benzene ring substituents is 1. The lowest BCUT2D eigenvalue weighted by Crippen LogP contribution is -2.39. The van der Waals surface area contributed by atoms with Crippen molar-refractivity contribution in [2.45, 2.75) is 33.3 Å². The summed E-state index contributed by atoms with van der Waals surface area (Å²) < 4.78 is 5.67. The summed E-state index contributed by atoms with van der Waals surface area (Å²) in [6, 6.07) is 4.56. The summed E-state index contributed by atoms with van der Waals surface area (Å²) in [5, 5.41) is 13.2. The van der Waals surface area contributed by atoms with E-state index in [0.29, 0.717) is 18.0 Å². The lowest BCUT2D eigenvalue weighted by Gasteiger charge is -2.33. The summed E-state index contributed by atoms with van der Waals surface area (Å²) in [6.07, 6.45) is 1.04. The molecule has 1 aliphatic heterocycles. The zero-order valence-electron chi connectivity index (χ0n) is 13.2. The second-order valence-electron chi connectivity index (χ2n) is 4.66. The fourth-order valence-corrected chi connectivity index (χ4v) is 1.50. The second-order valence-corrected chi connectivity index (χ2v) is 5.03. The molecule has 0 saturated carbocycles. The summed E-state index contributed by atoms with van der Waals surface area (Å²) in [4.78, 5) is 19.6. The van der Waals surface area contributed by atoms with Gasteiger partial charge in [-0.15, -0.1) is 0 Å². The van der Waals surface area contributed by atoms with Gasteiger partial charge in [0.2, 0.25) is 5.24 Å². The molecule has 22 heavy (non-hydrogen) atoms. The first-order chi connectivity index (χ1) is 10.2. The van der Waals surface area contributed by atoms with Crippen molar-refractivity contribution >= 4 is 28.2 Å². The highest BCUT2D eigenvalue weighted by Crippen LogP contribution is 2.35. The van der Waals surface area contributed by atoms with Crippen LogP contribution in [0, 0.1) is 10.1 Å². The topological polar surface area (TPSA) is 81.5 Å². The van der Waals surface area contributed by atoms with Gasteiger partial charge < -0.3 is 10.1 Å². The lowest BCUT2D eigenvalue weighted by atomic mass is 10.1. The fourth-order valence-electron chi connectivity index (χ4n) is 1.50. The number of benzene rings is 1. The normalized spacial score (nSPS) is 13.5. The van der Waals surface area contributed by atoms with Crippen molar-refractivity contribution in [2.24, 2.45) is 0 Å². The minimum Gasteiger partial charge on any atom is -0.484 e. The van der Waals surface area contributed by atoms with Crippen molar-refractivity contribution in [2.75, 3.05) is 11.9 Å². The standard InChI is InChI=1S/C10H12N2O3.C3H3ClO.C2H6/c1-10(2)6-11-8-5-7(12(13)14)3-4-9(8)15-10;1-2-3(4)5;1-2/h3-5,11H,6H2,1-2H3;2H,1H2;1-2H3. The molecule has 1 aromatic rings.